The number of amides is 2. The van der Waals surface area contributed by atoms with Crippen LogP contribution in [0.4, 0.5) is 13.6 Å². The predicted molar refractivity (Wildman–Crippen MR) is 72.6 cm³/mol. The number of hydrogen-bond donors (Lipinski definition) is 3. The van der Waals surface area contributed by atoms with Crippen molar-refractivity contribution in [3.05, 3.63) is 35.4 Å². The molecule has 0 aliphatic heterocycles. The van der Waals surface area contributed by atoms with Crippen LogP contribution in [0.3, 0.4) is 0 Å². The molecule has 0 spiro atoms. The largest absolute Gasteiger partial charge is 0.480 e. The van der Waals surface area contributed by atoms with Gasteiger partial charge in [0, 0.05) is 5.56 Å². The average Bonchev–Trinajstić information content (AvgIpc) is 2.36. The summed E-state index contributed by atoms with van der Waals surface area (Å²) in [5.74, 6) is -2.62. The topological polar surface area (TPSA) is 78.4 Å². The van der Waals surface area contributed by atoms with Gasteiger partial charge in [0.15, 0.2) is 0 Å². The van der Waals surface area contributed by atoms with E-state index in [2.05, 4.69) is 10.6 Å². The Hall–Kier alpha value is -2.18. The molecule has 0 radical (unpaired) electrons. The summed E-state index contributed by atoms with van der Waals surface area (Å²) in [6.07, 6.45) is 0.261. The highest BCUT2D eigenvalue weighted by Crippen LogP contribution is 2.11. The Morgan fingerprint density at radius 2 is 1.81 bits per heavy atom. The van der Waals surface area contributed by atoms with Gasteiger partial charge in [0.1, 0.15) is 17.7 Å². The summed E-state index contributed by atoms with van der Waals surface area (Å²) in [4.78, 5) is 22.6. The molecule has 3 N–H and O–H groups in total. The number of carboxylic acid groups (broad SMARTS) is 1. The normalized spacial score (nSPS) is 12.0. The predicted octanol–water partition coefficient (Wildman–Crippen LogP) is 2.26. The first-order valence-electron chi connectivity index (χ1n) is 6.51. The maximum atomic E-state index is 13.4. The number of carbonyl (C=O) groups is 2. The molecule has 1 aromatic carbocycles. The molecule has 116 valence electrons. The van der Waals surface area contributed by atoms with Gasteiger partial charge in [-0.25, -0.2) is 18.4 Å². The summed E-state index contributed by atoms with van der Waals surface area (Å²) >= 11 is 0. The lowest BCUT2D eigenvalue weighted by molar-refractivity contribution is -0.139. The van der Waals surface area contributed by atoms with Gasteiger partial charge in [-0.1, -0.05) is 19.9 Å². The number of halogens is 2. The van der Waals surface area contributed by atoms with E-state index in [-0.39, 0.29) is 24.4 Å². The van der Waals surface area contributed by atoms with Crippen LogP contribution in [0.1, 0.15) is 25.8 Å². The molecule has 1 rings (SSSR count). The molecule has 0 aromatic heterocycles. The number of hydrogen-bond acceptors (Lipinski definition) is 2. The fraction of sp³-hybridized carbons (Fsp3) is 0.429. The van der Waals surface area contributed by atoms with Crippen LogP contribution in [-0.4, -0.2) is 23.1 Å². The van der Waals surface area contributed by atoms with Crippen molar-refractivity contribution in [2.24, 2.45) is 5.92 Å². The third-order valence-corrected chi connectivity index (χ3v) is 2.80. The van der Waals surface area contributed by atoms with Crippen LogP contribution in [-0.2, 0) is 11.3 Å². The van der Waals surface area contributed by atoms with Gasteiger partial charge in [-0.2, -0.15) is 0 Å². The van der Waals surface area contributed by atoms with E-state index in [9.17, 15) is 18.4 Å². The molecule has 0 heterocycles. The summed E-state index contributed by atoms with van der Waals surface area (Å²) in [6, 6.07) is 1.55. The van der Waals surface area contributed by atoms with E-state index in [1.807, 2.05) is 13.8 Å². The van der Waals surface area contributed by atoms with Crippen LogP contribution >= 0.6 is 0 Å². The monoisotopic (exact) mass is 300 g/mol. The van der Waals surface area contributed by atoms with Crippen LogP contribution in [0.25, 0.3) is 0 Å². The van der Waals surface area contributed by atoms with Crippen LogP contribution in [0.5, 0.6) is 0 Å². The Labute approximate surface area is 121 Å². The van der Waals surface area contributed by atoms with Crippen molar-refractivity contribution in [2.45, 2.75) is 32.9 Å². The van der Waals surface area contributed by atoms with Gasteiger partial charge in [0.25, 0.3) is 0 Å². The van der Waals surface area contributed by atoms with Crippen molar-refractivity contribution in [1.82, 2.24) is 10.6 Å². The fourth-order valence-corrected chi connectivity index (χ4v) is 1.77. The number of carboxylic acids is 1. The van der Waals surface area contributed by atoms with Gasteiger partial charge in [-0.3, -0.25) is 0 Å². The van der Waals surface area contributed by atoms with Gasteiger partial charge in [0.2, 0.25) is 0 Å². The molecule has 0 fully saturated rings. The molecule has 7 heteroatoms. The van der Waals surface area contributed by atoms with Crippen molar-refractivity contribution in [2.75, 3.05) is 0 Å². The molecule has 1 unspecified atom stereocenters. The van der Waals surface area contributed by atoms with E-state index in [4.69, 9.17) is 5.11 Å². The zero-order chi connectivity index (χ0) is 16.0. The maximum Gasteiger partial charge on any atom is 0.326 e. The minimum atomic E-state index is -1.16. The first kappa shape index (κ1) is 16.9. The quantitative estimate of drug-likeness (QED) is 0.754. The van der Waals surface area contributed by atoms with Gasteiger partial charge in [-0.05, 0) is 24.5 Å². The smallest absolute Gasteiger partial charge is 0.326 e. The standard InChI is InChI=1S/C14H18F2N2O3/c1-8(2)6-12(13(19)20)18-14(21)17-7-9-10(15)4-3-5-11(9)16/h3-5,8,12H,6-7H2,1-2H3,(H,19,20)(H2,17,18,21). The molecule has 0 aliphatic carbocycles. The van der Waals surface area contributed by atoms with Crippen LogP contribution in [0, 0.1) is 17.6 Å². The van der Waals surface area contributed by atoms with E-state index in [1.165, 1.54) is 6.07 Å². The van der Waals surface area contributed by atoms with E-state index in [0.717, 1.165) is 12.1 Å². The second kappa shape index (κ2) is 7.56. The molecule has 0 saturated carbocycles. The number of benzene rings is 1. The van der Waals surface area contributed by atoms with Gasteiger partial charge < -0.3 is 15.7 Å². The lowest BCUT2D eigenvalue weighted by Crippen LogP contribution is -2.46. The number of carbonyl (C=O) groups excluding carboxylic acids is 1. The Bertz CT molecular complexity index is 501. The Balaban J connectivity index is 2.59. The van der Waals surface area contributed by atoms with Crippen molar-refractivity contribution in [3.63, 3.8) is 0 Å². The van der Waals surface area contributed by atoms with Crippen molar-refractivity contribution in [3.8, 4) is 0 Å². The second-order valence-corrected chi connectivity index (χ2v) is 5.05. The highest BCUT2D eigenvalue weighted by Gasteiger charge is 2.21. The Morgan fingerprint density at radius 3 is 2.29 bits per heavy atom. The Morgan fingerprint density at radius 1 is 1.24 bits per heavy atom. The fourth-order valence-electron chi connectivity index (χ4n) is 1.77. The van der Waals surface area contributed by atoms with Crippen LogP contribution in [0.2, 0.25) is 0 Å². The average molecular weight is 300 g/mol. The molecule has 0 bridgehead atoms. The first-order chi connectivity index (χ1) is 9.81. The third-order valence-electron chi connectivity index (χ3n) is 2.80. The minimum Gasteiger partial charge on any atom is -0.480 e. The SMILES string of the molecule is CC(C)CC(NC(=O)NCc1c(F)cccc1F)C(=O)O. The van der Waals surface area contributed by atoms with E-state index in [0.29, 0.717) is 0 Å². The van der Waals surface area contributed by atoms with E-state index >= 15 is 0 Å². The third kappa shape index (κ3) is 5.37. The molecule has 2 amide bonds. The number of rotatable bonds is 6. The minimum absolute atomic E-state index is 0.0791. The molecule has 0 aliphatic rings. The van der Waals surface area contributed by atoms with Crippen molar-refractivity contribution in [1.29, 1.82) is 0 Å². The van der Waals surface area contributed by atoms with Gasteiger partial charge in [-0.15, -0.1) is 0 Å². The molecular formula is C14H18F2N2O3. The molecule has 5 nitrogen and oxygen atoms in total. The summed E-state index contributed by atoms with van der Waals surface area (Å²) in [7, 11) is 0. The van der Waals surface area contributed by atoms with Crippen molar-refractivity contribution < 1.29 is 23.5 Å². The zero-order valence-corrected chi connectivity index (χ0v) is 11.8. The van der Waals surface area contributed by atoms with Gasteiger partial charge in [0.05, 0.1) is 6.54 Å². The number of nitrogens with one attached hydrogen (secondary N) is 2. The van der Waals surface area contributed by atoms with Crippen LogP contribution in [0.15, 0.2) is 18.2 Å². The molecule has 21 heavy (non-hydrogen) atoms. The summed E-state index contributed by atoms with van der Waals surface area (Å²) in [5, 5.41) is 13.5. The lowest BCUT2D eigenvalue weighted by atomic mass is 10.0. The van der Waals surface area contributed by atoms with Crippen LogP contribution < -0.4 is 10.6 Å². The summed E-state index contributed by atoms with van der Waals surface area (Å²) in [5.41, 5.74) is -0.275. The molecule has 1 aromatic rings. The Kier molecular flexibility index (Phi) is 6.08. The number of aliphatic carboxylic acids is 1. The van der Waals surface area contributed by atoms with Crippen molar-refractivity contribution >= 4 is 12.0 Å². The molecule has 0 saturated heterocycles. The molecule has 1 atom stereocenters. The highest BCUT2D eigenvalue weighted by atomic mass is 19.1. The van der Waals surface area contributed by atoms with Gasteiger partial charge >= 0.3 is 12.0 Å². The lowest BCUT2D eigenvalue weighted by Gasteiger charge is -2.17. The molecular weight excluding hydrogens is 282 g/mol. The van der Waals surface area contributed by atoms with E-state index < -0.39 is 29.7 Å². The highest BCUT2D eigenvalue weighted by molar-refractivity contribution is 5.82. The maximum absolute atomic E-state index is 13.4. The summed E-state index contributed by atoms with van der Waals surface area (Å²) < 4.78 is 26.7. The second-order valence-electron chi connectivity index (χ2n) is 5.05. The number of urea groups is 1. The van der Waals surface area contributed by atoms with E-state index in [1.54, 1.807) is 0 Å². The summed E-state index contributed by atoms with van der Waals surface area (Å²) in [6.45, 7) is 3.28. The first-order valence-corrected chi connectivity index (χ1v) is 6.51. The zero-order valence-electron chi connectivity index (χ0n) is 11.8.